The van der Waals surface area contributed by atoms with Gasteiger partial charge in [0.05, 0.1) is 21.9 Å². The molecule has 0 fully saturated rings. The van der Waals surface area contributed by atoms with Crippen LogP contribution in [-0.2, 0) is 10.3 Å². The summed E-state index contributed by atoms with van der Waals surface area (Å²) in [6, 6.07) is 11.0. The normalized spacial score (nSPS) is 17.2. The largest absolute Gasteiger partial charge is 0.508 e. The summed E-state index contributed by atoms with van der Waals surface area (Å²) in [4.78, 5) is 45.8. The van der Waals surface area contributed by atoms with Crippen LogP contribution in [0.1, 0.15) is 89.3 Å². The molecule has 2 aliphatic rings. The molecule has 1 atom stereocenters. The topological polar surface area (TPSA) is 122 Å². The Bertz CT molecular complexity index is 1700. The lowest BCUT2D eigenvalue weighted by Gasteiger charge is -2.39. The monoisotopic (exact) mass is 557 g/mol. The molecule has 2 N–H and O–H groups in total. The Hall–Kier alpha value is -4.33. The van der Waals surface area contributed by atoms with Crippen LogP contribution in [0.5, 0.6) is 23.0 Å². The number of thiocarbonyl (C=S) groups is 1. The first-order valence-electron chi connectivity index (χ1n) is 12.6. The molecule has 204 valence electrons. The molecule has 3 aromatic rings. The summed E-state index contributed by atoms with van der Waals surface area (Å²) < 4.78 is 12.4. The Morgan fingerprint density at radius 3 is 2.17 bits per heavy atom. The highest BCUT2D eigenvalue weighted by Crippen LogP contribution is 2.62. The van der Waals surface area contributed by atoms with Gasteiger partial charge in [0.2, 0.25) is 0 Å². The molecule has 40 heavy (non-hydrogen) atoms. The highest BCUT2D eigenvalue weighted by atomic mass is 32.1. The van der Waals surface area contributed by atoms with Gasteiger partial charge in [-0.1, -0.05) is 59.7 Å². The predicted molar refractivity (Wildman–Crippen MR) is 150 cm³/mol. The van der Waals surface area contributed by atoms with Gasteiger partial charge in [0.25, 0.3) is 0 Å². The summed E-state index contributed by atoms with van der Waals surface area (Å²) in [6.45, 7) is 10.0. The number of ketones is 2. The summed E-state index contributed by atoms with van der Waals surface area (Å²) in [5.41, 5.74) is -3.53. The van der Waals surface area contributed by atoms with Crippen LogP contribution in [0, 0.1) is 10.8 Å². The number of rotatable bonds is 3. The Labute approximate surface area is 236 Å². The highest BCUT2D eigenvalue weighted by molar-refractivity contribution is 7.78. The van der Waals surface area contributed by atoms with Crippen molar-refractivity contribution in [3.63, 3.8) is 0 Å². The minimum Gasteiger partial charge on any atom is -0.508 e. The molecule has 0 saturated heterocycles. The average Bonchev–Trinajstić information content (AvgIpc) is 3.16. The Morgan fingerprint density at radius 1 is 0.925 bits per heavy atom. The van der Waals surface area contributed by atoms with Crippen molar-refractivity contribution in [2.24, 2.45) is 15.8 Å². The molecule has 0 amide bonds. The molecule has 0 saturated carbocycles. The quantitative estimate of drug-likeness (QED) is 0.155. The molecule has 2 heterocycles. The Balaban J connectivity index is 2.10. The molecule has 1 spiro atoms. The van der Waals surface area contributed by atoms with Crippen LogP contribution in [0.4, 0.5) is 5.69 Å². The number of hydrogen-bond acceptors (Lipinski definition) is 9. The van der Waals surface area contributed by atoms with Crippen LogP contribution in [0.2, 0.25) is 0 Å². The lowest BCUT2D eigenvalue weighted by molar-refractivity contribution is 0.0219. The van der Waals surface area contributed by atoms with Crippen molar-refractivity contribution >= 4 is 40.6 Å². The van der Waals surface area contributed by atoms with Crippen LogP contribution in [0.3, 0.4) is 0 Å². The van der Waals surface area contributed by atoms with E-state index in [9.17, 15) is 24.6 Å². The van der Waals surface area contributed by atoms with Crippen LogP contribution < -0.4 is 4.74 Å². The number of hydrogen-bond donors (Lipinski definition) is 2. The molecule has 5 rings (SSSR count). The molecule has 2 aliphatic heterocycles. The van der Waals surface area contributed by atoms with Crippen LogP contribution in [0.15, 0.2) is 47.5 Å². The van der Waals surface area contributed by atoms with Crippen LogP contribution in [0.25, 0.3) is 0 Å². The first kappa shape index (κ1) is 27.2. The van der Waals surface area contributed by atoms with Gasteiger partial charge in [-0.3, -0.25) is 9.59 Å². The van der Waals surface area contributed by atoms with E-state index in [1.165, 1.54) is 18.2 Å². The van der Waals surface area contributed by atoms with Gasteiger partial charge in [0.15, 0.2) is 34.4 Å². The van der Waals surface area contributed by atoms with Crippen LogP contribution >= 0.6 is 12.2 Å². The standard InChI is InChI=1S/C31H27NO7S/c1-29(2,3)26(35)20-21(27(36)30(4,5)6)24(34)23(32-14-40)25-22(20)31(18-12-11-15(33)13-19(18)38-25)17-10-8-7-9-16(17)28(37)39-31/h7-13,33-34H,1-6H3. The maximum atomic E-state index is 14.3. The van der Waals surface area contributed by atoms with Gasteiger partial charge in [0.1, 0.15) is 11.5 Å². The first-order chi connectivity index (χ1) is 18.6. The lowest BCUT2D eigenvalue weighted by atomic mass is 9.69. The number of Topliss-reactive ketones (excluding diaryl/α,β-unsaturated/α-hetero) is 2. The van der Waals surface area contributed by atoms with Gasteiger partial charge in [-0.15, -0.1) is 0 Å². The third-order valence-corrected chi connectivity index (χ3v) is 7.15. The second kappa shape index (κ2) is 8.84. The van der Waals surface area contributed by atoms with Gasteiger partial charge >= 0.3 is 5.97 Å². The van der Waals surface area contributed by atoms with Gasteiger partial charge in [-0.25, -0.2) is 4.79 Å². The molecule has 9 heteroatoms. The second-order valence-corrected chi connectivity index (χ2v) is 12.1. The lowest BCUT2D eigenvalue weighted by Crippen LogP contribution is -2.38. The molecule has 1 unspecified atom stereocenters. The molecular weight excluding hydrogens is 530 g/mol. The molecular formula is C31H27NO7S. The number of aromatic hydroxyl groups is 2. The summed E-state index contributed by atoms with van der Waals surface area (Å²) in [5.74, 6) is -2.48. The first-order valence-corrected chi connectivity index (χ1v) is 13.0. The second-order valence-electron chi connectivity index (χ2n) is 11.9. The number of esters is 1. The van der Waals surface area contributed by atoms with E-state index >= 15 is 0 Å². The fourth-order valence-electron chi connectivity index (χ4n) is 5.22. The zero-order chi connectivity index (χ0) is 29.4. The summed E-state index contributed by atoms with van der Waals surface area (Å²) >= 11 is 4.87. The van der Waals surface area contributed by atoms with Crippen molar-refractivity contribution in [1.29, 1.82) is 0 Å². The van der Waals surface area contributed by atoms with Crippen molar-refractivity contribution in [2.75, 3.05) is 0 Å². The number of ether oxygens (including phenoxy) is 2. The third-order valence-electron chi connectivity index (χ3n) is 7.06. The zero-order valence-electron chi connectivity index (χ0n) is 22.8. The minimum atomic E-state index is -1.78. The van der Waals surface area contributed by atoms with E-state index in [4.69, 9.17) is 21.7 Å². The summed E-state index contributed by atoms with van der Waals surface area (Å²) in [6.07, 6.45) is 0. The van der Waals surface area contributed by atoms with E-state index in [2.05, 4.69) is 10.2 Å². The van der Waals surface area contributed by atoms with E-state index in [1.807, 2.05) is 0 Å². The molecule has 0 aliphatic carbocycles. The number of nitrogens with zero attached hydrogens (tertiary/aromatic N) is 1. The number of fused-ring (bicyclic) bond motifs is 6. The number of phenols is 2. The number of carbonyl (C=O) groups excluding carboxylic acids is 3. The van der Waals surface area contributed by atoms with Crippen molar-refractivity contribution in [3.8, 4) is 23.0 Å². The van der Waals surface area contributed by atoms with Crippen LogP contribution in [-0.4, -0.2) is 32.9 Å². The van der Waals surface area contributed by atoms with E-state index in [1.54, 1.807) is 65.8 Å². The number of aliphatic imine (C=N–C) groups is 1. The van der Waals surface area contributed by atoms with E-state index in [0.717, 1.165) is 0 Å². The molecule has 0 radical (unpaired) electrons. The van der Waals surface area contributed by atoms with Crippen molar-refractivity contribution in [3.05, 3.63) is 75.8 Å². The minimum absolute atomic E-state index is 0.0401. The average molecular weight is 558 g/mol. The van der Waals surface area contributed by atoms with E-state index < -0.39 is 39.7 Å². The predicted octanol–water partition coefficient (Wildman–Crippen LogP) is 6.86. The number of isothiocyanates is 1. The van der Waals surface area contributed by atoms with E-state index in [0.29, 0.717) is 11.1 Å². The van der Waals surface area contributed by atoms with Gasteiger partial charge in [-0.2, -0.15) is 4.99 Å². The number of phenolic OH excluding ortho intramolecular Hbond substituents is 2. The van der Waals surface area contributed by atoms with E-state index in [-0.39, 0.29) is 45.2 Å². The molecule has 0 aromatic heterocycles. The van der Waals surface area contributed by atoms with Crippen molar-refractivity contribution in [1.82, 2.24) is 0 Å². The Morgan fingerprint density at radius 2 is 1.55 bits per heavy atom. The Kier molecular flexibility index (Phi) is 6.02. The van der Waals surface area contributed by atoms with Gasteiger partial charge in [0, 0.05) is 33.6 Å². The molecule has 3 aromatic carbocycles. The highest BCUT2D eigenvalue weighted by Gasteiger charge is 2.57. The van der Waals surface area contributed by atoms with Gasteiger partial charge < -0.3 is 19.7 Å². The smallest absolute Gasteiger partial charge is 0.340 e. The SMILES string of the molecule is CC(C)(C)C(=O)c1c(O)c(N=C=S)c2c(c1C(=O)C(C)(C)C)C1(OC(=O)c3ccccc31)c1ccc(O)cc1O2. The maximum Gasteiger partial charge on any atom is 0.340 e. The third kappa shape index (κ3) is 3.77. The summed E-state index contributed by atoms with van der Waals surface area (Å²) in [7, 11) is 0. The van der Waals surface area contributed by atoms with Crippen molar-refractivity contribution < 1.29 is 34.1 Å². The van der Waals surface area contributed by atoms with Gasteiger partial charge in [-0.05, 0) is 30.4 Å². The number of benzene rings is 3. The zero-order valence-corrected chi connectivity index (χ0v) is 23.6. The number of carbonyl (C=O) groups is 3. The fourth-order valence-corrected chi connectivity index (χ4v) is 5.31. The molecule has 8 nitrogen and oxygen atoms in total. The van der Waals surface area contributed by atoms with Crippen molar-refractivity contribution in [2.45, 2.75) is 47.1 Å². The summed E-state index contributed by atoms with van der Waals surface area (Å²) in [5, 5.41) is 24.1. The maximum absolute atomic E-state index is 14.3. The molecule has 0 bridgehead atoms. The fraction of sp³-hybridized carbons (Fsp3) is 0.290.